The maximum Gasteiger partial charge on any atom is 0.168 e. The molecule has 7 aliphatic rings. The van der Waals surface area contributed by atoms with Crippen LogP contribution in [0.2, 0.25) is 0 Å². The van der Waals surface area contributed by atoms with E-state index in [9.17, 15) is 20.4 Å². The van der Waals surface area contributed by atoms with Crippen LogP contribution in [0.25, 0.3) is 22.7 Å². The first-order chi connectivity index (χ1) is 32.2. The summed E-state index contributed by atoms with van der Waals surface area (Å²) in [6.45, 7) is 1.57. The minimum absolute atomic E-state index is 0.0268. The van der Waals surface area contributed by atoms with Crippen molar-refractivity contribution in [3.63, 3.8) is 0 Å². The van der Waals surface area contributed by atoms with Crippen LogP contribution in [0.1, 0.15) is 89.5 Å². The molecule has 1 fully saturated rings. The highest BCUT2D eigenvalue weighted by molar-refractivity contribution is 5.89. The Morgan fingerprint density at radius 1 is 0.970 bits per heavy atom. The molecule has 8 bridgehead atoms. The first-order valence-corrected chi connectivity index (χ1v) is 23.9. The van der Waals surface area contributed by atoms with Gasteiger partial charge in [0.25, 0.3) is 0 Å². The first-order valence-electron chi connectivity index (χ1n) is 23.9. The largest absolute Gasteiger partial charge is 0.508 e. The summed E-state index contributed by atoms with van der Waals surface area (Å²) in [5.41, 5.74) is 16.7. The lowest BCUT2D eigenvalue weighted by molar-refractivity contribution is 0.00497. The molecule has 10 heteroatoms. The molecule has 2 aliphatic carbocycles. The lowest BCUT2D eigenvalue weighted by Gasteiger charge is -2.49. The quantitative estimate of drug-likeness (QED) is 0.0962. The third-order valence-corrected chi connectivity index (χ3v) is 15.5. The second kappa shape index (κ2) is 17.8. The molecule has 340 valence electrons. The molecule has 0 saturated carbocycles. The highest BCUT2D eigenvalue weighted by Crippen LogP contribution is 2.52. The predicted octanol–water partition coefficient (Wildman–Crippen LogP) is 8.15. The SMILES string of the molecule is NC1C=C2C#CC(CCc3ccc(O)cc3)CCCC3CC(O)C4C=Cc5c(c(CO)cc(O)c5OCc5cc(C67CCOCC6CCc6ccccc67)cc6cn(cc56)C(=C2CO3)N1)C4. The summed E-state index contributed by atoms with van der Waals surface area (Å²) in [7, 11) is 0. The van der Waals surface area contributed by atoms with E-state index < -0.39 is 12.3 Å². The van der Waals surface area contributed by atoms with Crippen LogP contribution in [0.15, 0.2) is 102 Å². The van der Waals surface area contributed by atoms with E-state index in [-0.39, 0.29) is 54.7 Å². The summed E-state index contributed by atoms with van der Waals surface area (Å²) in [6.07, 6.45) is 16.8. The monoisotopic (exact) mass is 885 g/mol. The zero-order valence-electron chi connectivity index (χ0n) is 37.3. The van der Waals surface area contributed by atoms with Crippen LogP contribution < -0.4 is 15.8 Å². The topological polar surface area (TPSA) is 152 Å². The lowest BCUT2D eigenvalue weighted by Crippen LogP contribution is -2.47. The van der Waals surface area contributed by atoms with Gasteiger partial charge in [-0.25, -0.2) is 0 Å². The maximum absolute atomic E-state index is 12.0. The fraction of sp³-hybridized carbons (Fsp3) is 0.393. The number of benzene rings is 4. The summed E-state index contributed by atoms with van der Waals surface area (Å²) in [6, 6.07) is 22.7. The van der Waals surface area contributed by atoms with Gasteiger partial charge >= 0.3 is 0 Å². The molecule has 6 heterocycles. The van der Waals surface area contributed by atoms with Crippen LogP contribution in [0.3, 0.4) is 0 Å². The Bertz CT molecular complexity index is 2830. The number of nitrogens with zero attached hydrogens (tertiary/aromatic N) is 1. The number of aromatic hydroxyl groups is 2. The number of nitrogens with one attached hydrogen (secondary N) is 1. The number of phenols is 2. The third kappa shape index (κ3) is 7.91. The average molecular weight is 886 g/mol. The van der Waals surface area contributed by atoms with Crippen LogP contribution in [-0.2, 0) is 47.4 Å². The van der Waals surface area contributed by atoms with Crippen LogP contribution >= 0.6 is 0 Å². The van der Waals surface area contributed by atoms with Gasteiger partial charge in [0.2, 0.25) is 0 Å². The minimum atomic E-state index is -0.725. The van der Waals surface area contributed by atoms with E-state index in [1.807, 2.05) is 30.4 Å². The lowest BCUT2D eigenvalue weighted by atomic mass is 9.57. The molecule has 0 radical (unpaired) electrons. The molecule has 4 aromatic carbocycles. The van der Waals surface area contributed by atoms with Crippen molar-refractivity contribution in [3.05, 3.63) is 147 Å². The smallest absolute Gasteiger partial charge is 0.168 e. The number of aliphatic hydroxyl groups is 2. The van der Waals surface area contributed by atoms with E-state index in [1.54, 1.807) is 18.2 Å². The van der Waals surface area contributed by atoms with Gasteiger partial charge < -0.3 is 50.3 Å². The predicted molar refractivity (Wildman–Crippen MR) is 255 cm³/mol. The molecule has 1 aromatic heterocycles. The molecule has 7 unspecified atom stereocenters. The van der Waals surface area contributed by atoms with Gasteiger partial charge in [0.15, 0.2) is 11.5 Å². The van der Waals surface area contributed by atoms with Gasteiger partial charge in [0.05, 0.1) is 38.2 Å². The number of hydrogen-bond acceptors (Lipinski definition) is 9. The van der Waals surface area contributed by atoms with Crippen molar-refractivity contribution in [1.29, 1.82) is 0 Å². The van der Waals surface area contributed by atoms with E-state index in [0.717, 1.165) is 101 Å². The Morgan fingerprint density at radius 2 is 1.85 bits per heavy atom. The zero-order valence-corrected chi connectivity index (χ0v) is 37.3. The summed E-state index contributed by atoms with van der Waals surface area (Å²) in [5, 5.41) is 49.8. The Labute approximate surface area is 386 Å². The zero-order chi connectivity index (χ0) is 44.9. The van der Waals surface area contributed by atoms with Crippen molar-refractivity contribution in [2.24, 2.45) is 23.5 Å². The molecule has 0 amide bonds. The normalized spacial score (nSPS) is 27.0. The second-order valence-electron chi connectivity index (χ2n) is 19.4. The molecule has 5 aliphatic heterocycles. The molecule has 7 N–H and O–H groups in total. The number of dihydropyridines is 1. The van der Waals surface area contributed by atoms with Crippen molar-refractivity contribution >= 4 is 22.7 Å². The highest BCUT2D eigenvalue weighted by Gasteiger charge is 2.47. The molecule has 1 saturated heterocycles. The number of aryl methyl sites for hydroxylation is 2. The Morgan fingerprint density at radius 3 is 2.73 bits per heavy atom. The summed E-state index contributed by atoms with van der Waals surface area (Å²) in [4.78, 5) is 0. The van der Waals surface area contributed by atoms with Gasteiger partial charge in [0, 0.05) is 70.2 Å². The molecule has 5 aromatic rings. The number of fused-ring (bicyclic) bond motifs is 5. The van der Waals surface area contributed by atoms with Crippen molar-refractivity contribution in [1.82, 2.24) is 9.88 Å². The van der Waals surface area contributed by atoms with E-state index in [1.165, 1.54) is 16.7 Å². The van der Waals surface area contributed by atoms with E-state index in [4.69, 9.17) is 19.9 Å². The molecule has 10 nitrogen and oxygen atoms in total. The molecular formula is C56H59N3O7. The third-order valence-electron chi connectivity index (χ3n) is 15.5. The van der Waals surface area contributed by atoms with Crippen molar-refractivity contribution in [2.75, 3.05) is 19.8 Å². The summed E-state index contributed by atoms with van der Waals surface area (Å²) < 4.78 is 22.1. The average Bonchev–Trinajstić information content (AvgIpc) is 3.76. The van der Waals surface area contributed by atoms with Crippen molar-refractivity contribution in [3.8, 4) is 29.1 Å². The fourth-order valence-corrected chi connectivity index (χ4v) is 11.9. The van der Waals surface area contributed by atoms with Gasteiger partial charge in [-0.3, -0.25) is 0 Å². The number of phenolic OH excluding ortho intramolecular Hbond substituents is 2. The number of rotatable bonds is 5. The van der Waals surface area contributed by atoms with Crippen molar-refractivity contribution < 1.29 is 34.6 Å². The first kappa shape index (κ1) is 42.8. The summed E-state index contributed by atoms with van der Waals surface area (Å²) in [5.74, 6) is 8.85. The number of aromatic nitrogens is 1. The van der Waals surface area contributed by atoms with E-state index >= 15 is 0 Å². The van der Waals surface area contributed by atoms with Gasteiger partial charge in [-0.1, -0.05) is 66.5 Å². The maximum atomic E-state index is 12.0. The highest BCUT2D eigenvalue weighted by atomic mass is 16.5. The van der Waals surface area contributed by atoms with Gasteiger partial charge in [-0.15, -0.1) is 0 Å². The minimum Gasteiger partial charge on any atom is -0.508 e. The molecule has 0 spiro atoms. The Kier molecular flexibility index (Phi) is 11.5. The Hall–Kier alpha value is -5.80. The number of nitrogens with two attached hydrogens (primary N) is 1. The molecule has 12 rings (SSSR count). The van der Waals surface area contributed by atoms with Crippen LogP contribution in [0.4, 0.5) is 0 Å². The molecular weight excluding hydrogens is 827 g/mol. The standard InChI is InChI=1S/C56H59N3O7/c57-53-26-37-13-10-34(8-9-35-11-17-44(61)18-12-35)4-3-6-45-27-51(62)38-15-19-46-47(24-38)40(30-60)25-52(63)54(46)66-31-41-23-43(22-39-28-59(29-48(39)41)55(58-53)49(37)33-65-45)56-20-21-64-32-42(56)16-14-36-5-1-2-7-50(36)56/h1-2,5,7,11-12,15,17-19,22-23,25-26,28-29,34,38,42,45,51,53,58,60-63H,3-4,6,8-9,14,16,20-21,24,27,30-33,57H2. The van der Waals surface area contributed by atoms with Gasteiger partial charge in [-0.05, 0) is 133 Å². The number of ether oxygens (including phenoxy) is 3. The second-order valence-corrected chi connectivity index (χ2v) is 19.4. The van der Waals surface area contributed by atoms with Gasteiger partial charge in [-0.2, -0.15) is 0 Å². The fourth-order valence-electron chi connectivity index (χ4n) is 11.9. The Balaban J connectivity index is 1.08. The van der Waals surface area contributed by atoms with Crippen LogP contribution in [0.5, 0.6) is 17.2 Å². The number of hydrogen-bond donors (Lipinski definition) is 6. The van der Waals surface area contributed by atoms with Crippen LogP contribution in [-0.4, -0.2) is 63.2 Å². The molecule has 7 atom stereocenters. The van der Waals surface area contributed by atoms with Crippen molar-refractivity contribution in [2.45, 2.75) is 101 Å². The van der Waals surface area contributed by atoms with E-state index in [0.29, 0.717) is 43.3 Å². The molecule has 66 heavy (non-hydrogen) atoms. The summed E-state index contributed by atoms with van der Waals surface area (Å²) >= 11 is 0. The van der Waals surface area contributed by atoms with Crippen LogP contribution in [0, 0.1) is 29.6 Å². The van der Waals surface area contributed by atoms with Gasteiger partial charge in [0.1, 0.15) is 18.2 Å². The van der Waals surface area contributed by atoms with E-state index in [2.05, 4.69) is 70.5 Å². The number of aliphatic hydroxyl groups excluding tert-OH is 2.